The monoisotopic (exact) mass is 405 g/mol. The molecule has 0 aliphatic carbocycles. The maximum atomic E-state index is 12.6. The molecule has 146 valence electrons. The predicted octanol–water partition coefficient (Wildman–Crippen LogP) is 3.87. The van der Waals surface area contributed by atoms with Gasteiger partial charge in [0.25, 0.3) is 0 Å². The molecule has 3 aromatic rings. The molecule has 0 saturated carbocycles. The summed E-state index contributed by atoms with van der Waals surface area (Å²) in [7, 11) is 0. The van der Waals surface area contributed by atoms with Gasteiger partial charge in [0.2, 0.25) is 11.8 Å². The quantitative estimate of drug-likeness (QED) is 0.613. The molecule has 0 unspecified atom stereocenters. The number of nitrogens with zero attached hydrogens (tertiary/aromatic N) is 4. The van der Waals surface area contributed by atoms with Crippen LogP contribution < -0.4 is 10.2 Å². The lowest BCUT2D eigenvalue weighted by Crippen LogP contribution is -2.32. The van der Waals surface area contributed by atoms with Crippen molar-refractivity contribution in [1.82, 2.24) is 9.97 Å². The zero-order valence-corrected chi connectivity index (χ0v) is 16.4. The lowest BCUT2D eigenvalue weighted by molar-refractivity contribution is -0.122. The van der Waals surface area contributed by atoms with Crippen molar-refractivity contribution in [3.05, 3.63) is 60.2 Å². The number of thiazole rings is 1. The van der Waals surface area contributed by atoms with Gasteiger partial charge in [-0.2, -0.15) is 5.26 Å². The number of para-hydroxylation sites is 1. The van der Waals surface area contributed by atoms with E-state index in [4.69, 9.17) is 5.26 Å². The van der Waals surface area contributed by atoms with Crippen LogP contribution in [0.2, 0.25) is 0 Å². The van der Waals surface area contributed by atoms with Gasteiger partial charge in [0, 0.05) is 48.4 Å². The molecule has 0 radical (unpaired) electrons. The van der Waals surface area contributed by atoms with E-state index in [0.717, 1.165) is 11.3 Å². The molecular weight excluding hydrogens is 386 g/mol. The highest BCUT2D eigenvalue weighted by atomic mass is 32.1. The Morgan fingerprint density at radius 3 is 2.69 bits per heavy atom. The van der Waals surface area contributed by atoms with Gasteiger partial charge in [0.05, 0.1) is 18.2 Å². The van der Waals surface area contributed by atoms with Crippen LogP contribution in [0.4, 0.5) is 10.8 Å². The highest BCUT2D eigenvalue weighted by Crippen LogP contribution is 2.24. The zero-order valence-electron chi connectivity index (χ0n) is 15.6. The van der Waals surface area contributed by atoms with Crippen LogP contribution in [0.25, 0.3) is 11.3 Å². The van der Waals surface area contributed by atoms with Gasteiger partial charge in [0.15, 0.2) is 5.13 Å². The summed E-state index contributed by atoms with van der Waals surface area (Å²) in [6.07, 6.45) is 3.70. The van der Waals surface area contributed by atoms with Crippen molar-refractivity contribution in [1.29, 1.82) is 5.26 Å². The average molecular weight is 405 g/mol. The Kier molecular flexibility index (Phi) is 7.03. The number of aromatic nitrogens is 2. The molecule has 3 rings (SSSR count). The average Bonchev–Trinajstić information content (AvgIpc) is 3.22. The van der Waals surface area contributed by atoms with Crippen LogP contribution in [0.5, 0.6) is 0 Å². The first kappa shape index (κ1) is 20.2. The molecule has 8 heteroatoms. The number of amides is 2. The number of anilines is 2. The van der Waals surface area contributed by atoms with Crippen LogP contribution in [0.15, 0.2) is 60.2 Å². The first-order chi connectivity index (χ1) is 14.2. The Labute approximate surface area is 172 Å². The number of nitriles is 1. The standard InChI is InChI=1S/C21H19N5O2S/c22-11-5-13-26(17-7-2-1-3-8-17)20(28)10-9-19(27)25-21-24-18(15-29-21)16-6-4-12-23-14-16/h1-4,6-8,12,14-15H,5,9-10,13H2,(H,24,25,27). The highest BCUT2D eigenvalue weighted by molar-refractivity contribution is 7.14. The van der Waals surface area contributed by atoms with E-state index >= 15 is 0 Å². The van der Waals surface area contributed by atoms with E-state index in [1.54, 1.807) is 17.3 Å². The number of carbonyl (C=O) groups excluding carboxylic acids is 2. The molecule has 7 nitrogen and oxygen atoms in total. The smallest absolute Gasteiger partial charge is 0.227 e. The second-order valence-electron chi connectivity index (χ2n) is 6.12. The lowest BCUT2D eigenvalue weighted by Gasteiger charge is -2.21. The van der Waals surface area contributed by atoms with Gasteiger partial charge in [-0.1, -0.05) is 18.2 Å². The number of hydrogen-bond donors (Lipinski definition) is 1. The summed E-state index contributed by atoms with van der Waals surface area (Å²) in [6.45, 7) is 0.294. The summed E-state index contributed by atoms with van der Waals surface area (Å²) in [5.74, 6) is -0.476. The maximum absolute atomic E-state index is 12.6. The Hall–Kier alpha value is -3.57. The third-order valence-electron chi connectivity index (χ3n) is 4.09. The molecule has 0 spiro atoms. The van der Waals surface area contributed by atoms with Gasteiger partial charge in [0.1, 0.15) is 0 Å². The van der Waals surface area contributed by atoms with E-state index in [-0.39, 0.29) is 31.1 Å². The van der Waals surface area contributed by atoms with Crippen molar-refractivity contribution in [2.45, 2.75) is 19.3 Å². The van der Waals surface area contributed by atoms with Crippen LogP contribution in [-0.4, -0.2) is 28.3 Å². The molecule has 2 heterocycles. The fourth-order valence-corrected chi connectivity index (χ4v) is 3.42. The number of benzene rings is 1. The second kappa shape index (κ2) is 10.1. The topological polar surface area (TPSA) is 99.0 Å². The number of nitrogens with one attached hydrogen (secondary N) is 1. The Balaban J connectivity index is 1.56. The molecule has 0 bridgehead atoms. The van der Waals surface area contributed by atoms with E-state index in [0.29, 0.717) is 17.4 Å². The van der Waals surface area contributed by atoms with Crippen molar-refractivity contribution in [3.63, 3.8) is 0 Å². The van der Waals surface area contributed by atoms with Crippen molar-refractivity contribution >= 4 is 34.0 Å². The summed E-state index contributed by atoms with van der Waals surface area (Å²) >= 11 is 1.32. The first-order valence-corrected chi connectivity index (χ1v) is 9.93. The van der Waals surface area contributed by atoms with Gasteiger partial charge in [-0.25, -0.2) is 4.98 Å². The Morgan fingerprint density at radius 2 is 1.97 bits per heavy atom. The minimum Gasteiger partial charge on any atom is -0.311 e. The number of carbonyl (C=O) groups is 2. The number of hydrogen-bond acceptors (Lipinski definition) is 6. The summed E-state index contributed by atoms with van der Waals surface area (Å²) in [5.41, 5.74) is 2.32. The molecule has 0 aliphatic heterocycles. The largest absolute Gasteiger partial charge is 0.311 e. The molecule has 0 aliphatic rings. The fourth-order valence-electron chi connectivity index (χ4n) is 2.68. The van der Waals surface area contributed by atoms with E-state index in [1.165, 1.54) is 11.3 Å². The van der Waals surface area contributed by atoms with Crippen molar-refractivity contribution in [2.24, 2.45) is 0 Å². The third kappa shape index (κ3) is 5.70. The SMILES string of the molecule is N#CCCN(C(=O)CCC(=O)Nc1nc(-c2cccnc2)cs1)c1ccccc1. The summed E-state index contributed by atoms with van der Waals surface area (Å²) < 4.78 is 0. The van der Waals surface area contributed by atoms with Crippen molar-refractivity contribution in [2.75, 3.05) is 16.8 Å². The minimum absolute atomic E-state index is 0.0382. The lowest BCUT2D eigenvalue weighted by atomic mass is 10.2. The predicted molar refractivity (Wildman–Crippen MR) is 112 cm³/mol. The summed E-state index contributed by atoms with van der Waals surface area (Å²) in [4.78, 5) is 34.9. The van der Waals surface area contributed by atoms with Crippen LogP contribution >= 0.6 is 11.3 Å². The maximum Gasteiger partial charge on any atom is 0.227 e. The molecule has 0 fully saturated rings. The van der Waals surface area contributed by atoms with Crippen LogP contribution in [0.3, 0.4) is 0 Å². The molecule has 2 amide bonds. The molecular formula is C21H19N5O2S. The van der Waals surface area contributed by atoms with Gasteiger partial charge < -0.3 is 10.2 Å². The van der Waals surface area contributed by atoms with Crippen LogP contribution in [0, 0.1) is 11.3 Å². The van der Waals surface area contributed by atoms with Gasteiger partial charge in [-0.15, -0.1) is 11.3 Å². The second-order valence-corrected chi connectivity index (χ2v) is 6.97. The van der Waals surface area contributed by atoms with E-state index in [1.807, 2.05) is 47.8 Å². The molecule has 0 saturated heterocycles. The third-order valence-corrected chi connectivity index (χ3v) is 4.85. The molecule has 1 N–H and O–H groups in total. The first-order valence-electron chi connectivity index (χ1n) is 9.05. The van der Waals surface area contributed by atoms with Gasteiger partial charge in [-0.3, -0.25) is 14.6 Å². The van der Waals surface area contributed by atoms with Gasteiger partial charge >= 0.3 is 0 Å². The highest BCUT2D eigenvalue weighted by Gasteiger charge is 2.17. The van der Waals surface area contributed by atoms with Crippen LogP contribution in [0.1, 0.15) is 19.3 Å². The normalized spacial score (nSPS) is 10.2. The zero-order chi connectivity index (χ0) is 20.5. The molecule has 0 atom stereocenters. The van der Waals surface area contributed by atoms with E-state index < -0.39 is 0 Å². The fraction of sp³-hybridized carbons (Fsp3) is 0.190. The summed E-state index contributed by atoms with van der Waals surface area (Å²) in [5, 5.41) is 13.9. The Morgan fingerprint density at radius 1 is 1.14 bits per heavy atom. The van der Waals surface area contributed by atoms with E-state index in [9.17, 15) is 9.59 Å². The number of rotatable bonds is 8. The Bertz CT molecular complexity index is 999. The minimum atomic E-state index is -0.279. The van der Waals surface area contributed by atoms with Crippen molar-refractivity contribution in [3.8, 4) is 17.3 Å². The molecule has 2 aromatic heterocycles. The molecule has 29 heavy (non-hydrogen) atoms. The molecule has 1 aromatic carbocycles. The number of pyridine rings is 1. The van der Waals surface area contributed by atoms with E-state index in [2.05, 4.69) is 21.4 Å². The summed E-state index contributed by atoms with van der Waals surface area (Å²) in [6, 6.07) is 14.9. The van der Waals surface area contributed by atoms with Crippen molar-refractivity contribution < 1.29 is 9.59 Å². The van der Waals surface area contributed by atoms with Gasteiger partial charge in [-0.05, 0) is 24.3 Å². The van der Waals surface area contributed by atoms with Crippen LogP contribution in [-0.2, 0) is 9.59 Å².